The van der Waals surface area contributed by atoms with Crippen molar-refractivity contribution < 1.29 is 9.59 Å². The standard InChI is InChI=1S/C15H18N2O2S/c1-2-12-15(19)17(14(18)7-16-12)8-10-9-20-13-6-4-3-5-11(10)13/h3-6,10,12,16H,2,7-9H2,1H3. The van der Waals surface area contributed by atoms with Gasteiger partial charge in [-0.05, 0) is 18.1 Å². The van der Waals surface area contributed by atoms with E-state index in [1.807, 2.05) is 30.8 Å². The molecule has 20 heavy (non-hydrogen) atoms. The monoisotopic (exact) mass is 290 g/mol. The molecule has 3 rings (SSSR count). The molecule has 4 nitrogen and oxygen atoms in total. The smallest absolute Gasteiger partial charge is 0.246 e. The molecule has 2 unspecified atom stereocenters. The van der Waals surface area contributed by atoms with Gasteiger partial charge in [-0.3, -0.25) is 19.8 Å². The number of rotatable bonds is 3. The van der Waals surface area contributed by atoms with Crippen molar-refractivity contribution in [1.29, 1.82) is 0 Å². The van der Waals surface area contributed by atoms with Crippen LogP contribution in [0.15, 0.2) is 29.2 Å². The van der Waals surface area contributed by atoms with Gasteiger partial charge < -0.3 is 0 Å². The fourth-order valence-corrected chi connectivity index (χ4v) is 4.06. The quantitative estimate of drug-likeness (QED) is 0.859. The van der Waals surface area contributed by atoms with Gasteiger partial charge in [0, 0.05) is 23.1 Å². The SMILES string of the molecule is CCC1NCC(=O)N(CC2CSc3ccccc32)C1=O. The Labute approximate surface area is 122 Å². The van der Waals surface area contributed by atoms with Crippen molar-refractivity contribution in [3.05, 3.63) is 29.8 Å². The predicted octanol–water partition coefficient (Wildman–Crippen LogP) is 1.61. The number of benzene rings is 1. The molecule has 0 spiro atoms. The second-order valence-electron chi connectivity index (χ2n) is 5.23. The highest BCUT2D eigenvalue weighted by atomic mass is 32.2. The van der Waals surface area contributed by atoms with E-state index in [9.17, 15) is 9.59 Å². The molecule has 2 aliphatic rings. The van der Waals surface area contributed by atoms with Gasteiger partial charge in [0.05, 0.1) is 12.6 Å². The van der Waals surface area contributed by atoms with Gasteiger partial charge in [-0.2, -0.15) is 0 Å². The Bertz CT molecular complexity index is 546. The van der Waals surface area contributed by atoms with E-state index in [-0.39, 0.29) is 30.3 Å². The minimum absolute atomic E-state index is 0.0712. The highest BCUT2D eigenvalue weighted by Gasteiger charge is 2.35. The van der Waals surface area contributed by atoms with E-state index < -0.39 is 0 Å². The Morgan fingerprint density at radius 3 is 2.95 bits per heavy atom. The summed E-state index contributed by atoms with van der Waals surface area (Å²) in [6.07, 6.45) is 0.721. The average Bonchev–Trinajstić information content (AvgIpc) is 2.87. The number of nitrogens with one attached hydrogen (secondary N) is 1. The summed E-state index contributed by atoms with van der Waals surface area (Å²) in [5, 5.41) is 3.00. The van der Waals surface area contributed by atoms with Crippen LogP contribution >= 0.6 is 11.8 Å². The summed E-state index contributed by atoms with van der Waals surface area (Å²) in [7, 11) is 0. The molecule has 2 aliphatic heterocycles. The first kappa shape index (κ1) is 13.6. The van der Waals surface area contributed by atoms with Gasteiger partial charge in [-0.25, -0.2) is 0 Å². The summed E-state index contributed by atoms with van der Waals surface area (Å²) < 4.78 is 0. The van der Waals surface area contributed by atoms with Crippen molar-refractivity contribution >= 4 is 23.6 Å². The molecule has 106 valence electrons. The first-order valence-electron chi connectivity index (χ1n) is 7.00. The predicted molar refractivity (Wildman–Crippen MR) is 78.7 cm³/mol. The van der Waals surface area contributed by atoms with Crippen LogP contribution in [-0.2, 0) is 9.59 Å². The lowest BCUT2D eigenvalue weighted by Crippen LogP contribution is -2.58. The lowest BCUT2D eigenvalue weighted by Gasteiger charge is -2.32. The van der Waals surface area contributed by atoms with Crippen LogP contribution in [0.25, 0.3) is 0 Å². The number of thioether (sulfide) groups is 1. The molecule has 1 fully saturated rings. The van der Waals surface area contributed by atoms with Crippen molar-refractivity contribution in [2.75, 3.05) is 18.8 Å². The first-order valence-corrected chi connectivity index (χ1v) is 7.98. The number of carbonyl (C=O) groups excluding carboxylic acids is 2. The third-order valence-electron chi connectivity index (χ3n) is 3.97. The number of carbonyl (C=O) groups is 2. The van der Waals surface area contributed by atoms with Gasteiger partial charge in [-0.15, -0.1) is 11.8 Å². The summed E-state index contributed by atoms with van der Waals surface area (Å²) in [5.41, 5.74) is 1.27. The van der Waals surface area contributed by atoms with Crippen molar-refractivity contribution in [2.45, 2.75) is 30.2 Å². The average molecular weight is 290 g/mol. The summed E-state index contributed by atoms with van der Waals surface area (Å²) in [4.78, 5) is 27.0. The molecule has 0 saturated carbocycles. The molecular weight excluding hydrogens is 272 g/mol. The molecule has 5 heteroatoms. The van der Waals surface area contributed by atoms with E-state index in [0.717, 1.165) is 12.2 Å². The number of imide groups is 1. The Morgan fingerprint density at radius 2 is 2.15 bits per heavy atom. The van der Waals surface area contributed by atoms with Crippen LogP contribution in [0.3, 0.4) is 0 Å². The van der Waals surface area contributed by atoms with Crippen molar-refractivity contribution in [3.63, 3.8) is 0 Å². The molecule has 1 N–H and O–H groups in total. The van der Waals surface area contributed by atoms with E-state index in [0.29, 0.717) is 6.54 Å². The second kappa shape index (κ2) is 5.58. The maximum Gasteiger partial charge on any atom is 0.246 e. The number of amides is 2. The number of nitrogens with zero attached hydrogens (tertiary/aromatic N) is 1. The van der Waals surface area contributed by atoms with Crippen LogP contribution in [0.4, 0.5) is 0 Å². The topological polar surface area (TPSA) is 49.4 Å². The van der Waals surface area contributed by atoms with Gasteiger partial charge >= 0.3 is 0 Å². The van der Waals surface area contributed by atoms with Gasteiger partial charge in [0.25, 0.3) is 0 Å². The van der Waals surface area contributed by atoms with E-state index in [2.05, 4.69) is 17.4 Å². The third-order valence-corrected chi connectivity index (χ3v) is 5.23. The van der Waals surface area contributed by atoms with E-state index in [4.69, 9.17) is 0 Å². The Kier molecular flexibility index (Phi) is 3.81. The second-order valence-corrected chi connectivity index (χ2v) is 6.29. The molecule has 0 aromatic heterocycles. The van der Waals surface area contributed by atoms with Crippen LogP contribution in [0.2, 0.25) is 0 Å². The molecule has 2 atom stereocenters. The van der Waals surface area contributed by atoms with E-state index in [1.54, 1.807) is 0 Å². The number of fused-ring (bicyclic) bond motifs is 1. The number of hydrogen-bond donors (Lipinski definition) is 1. The minimum Gasteiger partial charge on any atom is -0.297 e. The normalized spacial score (nSPS) is 25.9. The van der Waals surface area contributed by atoms with E-state index >= 15 is 0 Å². The molecule has 2 heterocycles. The Morgan fingerprint density at radius 1 is 1.35 bits per heavy atom. The first-order chi connectivity index (χ1) is 9.70. The highest BCUT2D eigenvalue weighted by molar-refractivity contribution is 7.99. The number of piperazine rings is 1. The number of hydrogen-bond acceptors (Lipinski definition) is 4. The molecular formula is C15H18N2O2S. The molecule has 2 amide bonds. The van der Waals surface area contributed by atoms with Crippen LogP contribution in [-0.4, -0.2) is 41.6 Å². The van der Waals surface area contributed by atoms with Crippen molar-refractivity contribution in [3.8, 4) is 0 Å². The molecule has 0 radical (unpaired) electrons. The molecule has 1 aromatic rings. The summed E-state index contributed by atoms with van der Waals surface area (Å²) in [5.74, 6) is 1.03. The van der Waals surface area contributed by atoms with Crippen LogP contribution in [0.5, 0.6) is 0 Å². The van der Waals surface area contributed by atoms with E-state index in [1.165, 1.54) is 15.4 Å². The van der Waals surface area contributed by atoms with Gasteiger partial charge in [-0.1, -0.05) is 25.1 Å². The molecule has 0 bridgehead atoms. The van der Waals surface area contributed by atoms with Gasteiger partial charge in [0.1, 0.15) is 0 Å². The molecule has 0 aliphatic carbocycles. The zero-order chi connectivity index (χ0) is 14.1. The lowest BCUT2D eigenvalue weighted by atomic mass is 9.99. The van der Waals surface area contributed by atoms with Crippen LogP contribution < -0.4 is 5.32 Å². The minimum atomic E-state index is -0.211. The maximum absolute atomic E-state index is 12.3. The fourth-order valence-electron chi connectivity index (χ4n) is 2.82. The zero-order valence-corrected chi connectivity index (χ0v) is 12.3. The summed E-state index contributed by atoms with van der Waals surface area (Å²) >= 11 is 1.81. The highest BCUT2D eigenvalue weighted by Crippen LogP contribution is 2.39. The maximum atomic E-state index is 12.3. The van der Waals surface area contributed by atoms with Crippen LogP contribution in [0.1, 0.15) is 24.8 Å². The fraction of sp³-hybridized carbons (Fsp3) is 0.467. The molecule has 1 saturated heterocycles. The van der Waals surface area contributed by atoms with Crippen molar-refractivity contribution in [1.82, 2.24) is 10.2 Å². The Hall–Kier alpha value is -1.33. The summed E-state index contributed by atoms with van der Waals surface area (Å²) in [6.45, 7) is 2.75. The Balaban J connectivity index is 1.77. The van der Waals surface area contributed by atoms with Crippen molar-refractivity contribution in [2.24, 2.45) is 0 Å². The zero-order valence-electron chi connectivity index (χ0n) is 11.5. The lowest BCUT2D eigenvalue weighted by molar-refractivity contribution is -0.149. The summed E-state index contributed by atoms with van der Waals surface area (Å²) in [6, 6.07) is 8.05. The van der Waals surface area contributed by atoms with Crippen LogP contribution in [0, 0.1) is 0 Å². The van der Waals surface area contributed by atoms with Gasteiger partial charge in [0.2, 0.25) is 11.8 Å². The largest absolute Gasteiger partial charge is 0.297 e. The third kappa shape index (κ3) is 2.36. The molecule has 1 aromatic carbocycles. The van der Waals surface area contributed by atoms with Gasteiger partial charge in [0.15, 0.2) is 0 Å².